The summed E-state index contributed by atoms with van der Waals surface area (Å²) in [4.78, 5) is 12.7. The molecule has 0 fully saturated rings. The Morgan fingerprint density at radius 1 is 0.833 bits per heavy atom. The molecular weight excluding hydrogens is 296 g/mol. The molecule has 3 heterocycles. The van der Waals surface area contributed by atoms with Crippen LogP contribution in [0, 0.1) is 0 Å². The molecule has 5 rings (SSSR count). The number of H-pyrrole nitrogens is 1. The summed E-state index contributed by atoms with van der Waals surface area (Å²) in [5.74, 6) is 0. The summed E-state index contributed by atoms with van der Waals surface area (Å²) >= 11 is 0. The number of nitrogens with two attached hydrogens (primary N) is 1. The molecule has 0 saturated heterocycles. The van der Waals surface area contributed by atoms with Gasteiger partial charge in [-0.25, -0.2) is 9.98 Å². The van der Waals surface area contributed by atoms with Crippen molar-refractivity contribution in [1.82, 2.24) is 9.97 Å². The molecule has 114 valence electrons. The molecule has 4 heteroatoms. The van der Waals surface area contributed by atoms with E-state index < -0.39 is 0 Å². The fourth-order valence-electron chi connectivity index (χ4n) is 3.31. The van der Waals surface area contributed by atoms with E-state index in [9.17, 15) is 0 Å². The number of aromatic nitrogens is 2. The van der Waals surface area contributed by atoms with E-state index >= 15 is 0 Å². The van der Waals surface area contributed by atoms with Gasteiger partial charge >= 0.3 is 0 Å². The second-order valence-electron chi connectivity index (χ2n) is 5.88. The fourth-order valence-corrected chi connectivity index (χ4v) is 3.31. The summed E-state index contributed by atoms with van der Waals surface area (Å²) in [7, 11) is 0. The summed E-state index contributed by atoms with van der Waals surface area (Å²) < 4.78 is 0. The van der Waals surface area contributed by atoms with E-state index in [0.717, 1.165) is 50.4 Å². The molecule has 0 bridgehead atoms. The molecule has 0 unspecified atom stereocenters. The molecule has 4 nitrogen and oxygen atoms in total. The maximum absolute atomic E-state index is 5.84. The molecule has 1 aliphatic rings. The standard InChI is InChI=1S/C20H14N4/c21-13-7-5-12(6-8-13)19-16-11-23-20-18(16)15(9-10-22-20)14-3-1-2-4-17(14)24-19/h1-11H,21H2,(H,22,23). The predicted octanol–water partition coefficient (Wildman–Crippen LogP) is 4.29. The third-order valence-electron chi connectivity index (χ3n) is 4.44. The third-order valence-corrected chi connectivity index (χ3v) is 4.44. The lowest BCUT2D eigenvalue weighted by atomic mass is 9.98. The van der Waals surface area contributed by atoms with Gasteiger partial charge in [0.05, 0.1) is 11.4 Å². The Balaban J connectivity index is 1.91. The van der Waals surface area contributed by atoms with E-state index in [1.807, 2.05) is 48.8 Å². The average Bonchev–Trinajstić information content (AvgIpc) is 2.98. The lowest BCUT2D eigenvalue weighted by molar-refractivity contribution is 1.32. The van der Waals surface area contributed by atoms with Gasteiger partial charge in [0.1, 0.15) is 5.65 Å². The SMILES string of the molecule is Nc1ccc(C2=Nc3ccccc3-c3ccnc4[nH]cc2c34)cc1. The number of para-hydroxylation sites is 1. The molecule has 0 radical (unpaired) electrons. The Morgan fingerprint density at radius 2 is 1.67 bits per heavy atom. The molecule has 0 aliphatic carbocycles. The van der Waals surface area contributed by atoms with Crippen molar-refractivity contribution < 1.29 is 0 Å². The number of fused-ring (bicyclic) bond motifs is 2. The van der Waals surface area contributed by atoms with Crippen LogP contribution in [0.4, 0.5) is 11.4 Å². The highest BCUT2D eigenvalue weighted by Crippen LogP contribution is 2.40. The van der Waals surface area contributed by atoms with Crippen molar-refractivity contribution in [3.63, 3.8) is 0 Å². The number of nitrogens with one attached hydrogen (secondary N) is 1. The van der Waals surface area contributed by atoms with E-state index in [2.05, 4.69) is 28.2 Å². The predicted molar refractivity (Wildman–Crippen MR) is 97.7 cm³/mol. The zero-order chi connectivity index (χ0) is 16.1. The van der Waals surface area contributed by atoms with Crippen LogP contribution in [0.1, 0.15) is 11.1 Å². The minimum atomic E-state index is 0.745. The number of aromatic amines is 1. The van der Waals surface area contributed by atoms with Crippen molar-refractivity contribution in [3.05, 3.63) is 78.1 Å². The lowest BCUT2D eigenvalue weighted by Crippen LogP contribution is -2.02. The normalized spacial score (nSPS) is 12.6. The van der Waals surface area contributed by atoms with Crippen LogP contribution in [0.25, 0.3) is 22.2 Å². The maximum atomic E-state index is 5.84. The molecule has 2 aromatic carbocycles. The molecule has 0 atom stereocenters. The third kappa shape index (κ3) is 1.80. The average molecular weight is 310 g/mol. The zero-order valence-electron chi connectivity index (χ0n) is 12.8. The van der Waals surface area contributed by atoms with Crippen LogP contribution >= 0.6 is 0 Å². The topological polar surface area (TPSA) is 67.1 Å². The summed E-state index contributed by atoms with van der Waals surface area (Å²) in [5.41, 5.74) is 13.7. The van der Waals surface area contributed by atoms with Crippen LogP contribution in [-0.4, -0.2) is 15.7 Å². The van der Waals surface area contributed by atoms with Crippen molar-refractivity contribution in [2.24, 2.45) is 4.99 Å². The second kappa shape index (κ2) is 4.80. The fraction of sp³-hybridized carbons (Fsp3) is 0. The van der Waals surface area contributed by atoms with Crippen molar-refractivity contribution in [2.75, 3.05) is 5.73 Å². The zero-order valence-corrected chi connectivity index (χ0v) is 12.8. The van der Waals surface area contributed by atoms with Gasteiger partial charge in [0, 0.05) is 40.2 Å². The Labute approximate surface area is 138 Å². The number of hydrogen-bond acceptors (Lipinski definition) is 3. The van der Waals surface area contributed by atoms with Crippen LogP contribution < -0.4 is 5.73 Å². The summed E-state index contributed by atoms with van der Waals surface area (Å²) in [6.45, 7) is 0. The quantitative estimate of drug-likeness (QED) is 0.453. The molecule has 3 N–H and O–H groups in total. The minimum Gasteiger partial charge on any atom is -0.399 e. The highest BCUT2D eigenvalue weighted by Gasteiger charge is 2.21. The van der Waals surface area contributed by atoms with Crippen LogP contribution in [-0.2, 0) is 0 Å². The number of nitrogens with zero attached hydrogens (tertiary/aromatic N) is 2. The molecule has 1 aliphatic heterocycles. The highest BCUT2D eigenvalue weighted by atomic mass is 14.9. The van der Waals surface area contributed by atoms with Gasteiger partial charge in [-0.3, -0.25) is 0 Å². The summed E-state index contributed by atoms with van der Waals surface area (Å²) in [6.07, 6.45) is 3.82. The van der Waals surface area contributed by atoms with Gasteiger partial charge in [0.2, 0.25) is 0 Å². The van der Waals surface area contributed by atoms with Crippen molar-refractivity contribution >= 4 is 28.1 Å². The first kappa shape index (κ1) is 13.1. The highest BCUT2D eigenvalue weighted by molar-refractivity contribution is 6.24. The number of nitrogen functional groups attached to an aromatic ring is 1. The van der Waals surface area contributed by atoms with E-state index in [1.54, 1.807) is 0 Å². The number of pyridine rings is 1. The number of aliphatic imine (C=N–C) groups is 1. The molecule has 0 saturated carbocycles. The monoisotopic (exact) mass is 310 g/mol. The molecule has 2 aromatic heterocycles. The number of anilines is 1. The summed E-state index contributed by atoms with van der Waals surface area (Å²) in [6, 6.07) is 18.1. The van der Waals surface area contributed by atoms with Crippen LogP contribution in [0.15, 0.2) is 72.0 Å². The van der Waals surface area contributed by atoms with Gasteiger partial charge in [-0.15, -0.1) is 0 Å². The Hall–Kier alpha value is -3.40. The number of benzene rings is 2. The molecule has 0 amide bonds. The smallest absolute Gasteiger partial charge is 0.138 e. The van der Waals surface area contributed by atoms with Gasteiger partial charge in [0.15, 0.2) is 0 Å². The Bertz CT molecular complexity index is 1100. The maximum Gasteiger partial charge on any atom is 0.138 e. The van der Waals surface area contributed by atoms with E-state index in [4.69, 9.17) is 10.7 Å². The first-order valence-electron chi connectivity index (χ1n) is 7.82. The Kier molecular flexibility index (Phi) is 2.61. The molecular formula is C20H14N4. The Morgan fingerprint density at radius 3 is 2.54 bits per heavy atom. The van der Waals surface area contributed by atoms with E-state index in [0.29, 0.717) is 0 Å². The van der Waals surface area contributed by atoms with Gasteiger partial charge in [-0.05, 0) is 29.8 Å². The summed E-state index contributed by atoms with van der Waals surface area (Å²) in [5, 5.41) is 1.11. The first-order valence-corrected chi connectivity index (χ1v) is 7.82. The van der Waals surface area contributed by atoms with Gasteiger partial charge < -0.3 is 10.7 Å². The van der Waals surface area contributed by atoms with Crippen molar-refractivity contribution in [3.8, 4) is 11.1 Å². The van der Waals surface area contributed by atoms with Crippen LogP contribution in [0.3, 0.4) is 0 Å². The minimum absolute atomic E-state index is 0.745. The molecule has 4 aromatic rings. The van der Waals surface area contributed by atoms with Gasteiger partial charge in [-0.2, -0.15) is 0 Å². The lowest BCUT2D eigenvalue weighted by Gasteiger charge is -2.05. The van der Waals surface area contributed by atoms with Crippen molar-refractivity contribution in [1.29, 1.82) is 0 Å². The van der Waals surface area contributed by atoms with E-state index in [1.165, 1.54) is 0 Å². The van der Waals surface area contributed by atoms with E-state index in [-0.39, 0.29) is 0 Å². The first-order chi connectivity index (χ1) is 11.8. The second-order valence-corrected chi connectivity index (χ2v) is 5.88. The number of rotatable bonds is 1. The largest absolute Gasteiger partial charge is 0.399 e. The van der Waals surface area contributed by atoms with Crippen LogP contribution in [0.2, 0.25) is 0 Å². The molecule has 24 heavy (non-hydrogen) atoms. The molecule has 0 spiro atoms. The number of hydrogen-bond donors (Lipinski definition) is 2. The van der Waals surface area contributed by atoms with Crippen LogP contribution in [0.5, 0.6) is 0 Å². The van der Waals surface area contributed by atoms with Gasteiger partial charge in [0.25, 0.3) is 0 Å². The van der Waals surface area contributed by atoms with Gasteiger partial charge in [-0.1, -0.05) is 30.3 Å². The van der Waals surface area contributed by atoms with Crippen molar-refractivity contribution in [2.45, 2.75) is 0 Å².